The van der Waals surface area contributed by atoms with Gasteiger partial charge in [-0.2, -0.15) is 5.26 Å². The molecule has 1 aromatic carbocycles. The summed E-state index contributed by atoms with van der Waals surface area (Å²) in [6, 6.07) is 7.93. The van der Waals surface area contributed by atoms with E-state index in [0.717, 1.165) is 17.1 Å². The van der Waals surface area contributed by atoms with Gasteiger partial charge in [0.2, 0.25) is 0 Å². The highest BCUT2D eigenvalue weighted by atomic mass is 16.6. The number of fused-ring (bicyclic) bond motifs is 1. The number of hydrogen-bond donors (Lipinski definition) is 0. The van der Waals surface area contributed by atoms with Crippen molar-refractivity contribution in [3.63, 3.8) is 0 Å². The molecular weight excluding hydrogens is 190 g/mol. The first kappa shape index (κ1) is 9.85. The predicted molar refractivity (Wildman–Crippen MR) is 56.1 cm³/mol. The van der Waals surface area contributed by atoms with Gasteiger partial charge in [0, 0.05) is 0 Å². The number of nitrogens with zero attached hydrogens (tertiary/aromatic N) is 1. The normalized spacial score (nSPS) is 14.5. The molecule has 1 aromatic rings. The van der Waals surface area contributed by atoms with Gasteiger partial charge in [0.25, 0.3) is 0 Å². The largest absolute Gasteiger partial charge is 0.486 e. The van der Waals surface area contributed by atoms with Crippen LogP contribution in [-0.4, -0.2) is 13.2 Å². The van der Waals surface area contributed by atoms with E-state index in [0.29, 0.717) is 13.2 Å². The summed E-state index contributed by atoms with van der Waals surface area (Å²) in [6.45, 7) is 4.94. The van der Waals surface area contributed by atoms with E-state index in [1.807, 2.05) is 32.0 Å². The summed E-state index contributed by atoms with van der Waals surface area (Å²) in [4.78, 5) is 0. The zero-order valence-electron chi connectivity index (χ0n) is 8.91. The van der Waals surface area contributed by atoms with Gasteiger partial charge < -0.3 is 9.47 Å². The van der Waals surface area contributed by atoms with Gasteiger partial charge in [0.15, 0.2) is 11.5 Å². The fraction of sp³-hybridized carbons (Fsp3) is 0.417. The summed E-state index contributed by atoms with van der Waals surface area (Å²) in [5.41, 5.74) is 0.463. The predicted octanol–water partition coefficient (Wildman–Crippen LogP) is 2.26. The first-order chi connectivity index (χ1) is 7.13. The van der Waals surface area contributed by atoms with Crippen molar-refractivity contribution in [3.8, 4) is 17.6 Å². The van der Waals surface area contributed by atoms with E-state index >= 15 is 0 Å². The zero-order chi connectivity index (χ0) is 10.9. The highest BCUT2D eigenvalue weighted by molar-refractivity contribution is 5.47. The van der Waals surface area contributed by atoms with E-state index < -0.39 is 5.41 Å². The van der Waals surface area contributed by atoms with E-state index in [1.165, 1.54) is 0 Å². The highest BCUT2D eigenvalue weighted by Crippen LogP contribution is 2.34. The third-order valence-electron chi connectivity index (χ3n) is 2.54. The Labute approximate surface area is 89.2 Å². The number of nitriles is 1. The topological polar surface area (TPSA) is 42.2 Å². The van der Waals surface area contributed by atoms with Gasteiger partial charge in [-0.05, 0) is 31.5 Å². The Morgan fingerprint density at radius 2 is 1.87 bits per heavy atom. The molecule has 0 aromatic heterocycles. The first-order valence-corrected chi connectivity index (χ1v) is 4.95. The van der Waals surface area contributed by atoms with Crippen LogP contribution in [0.3, 0.4) is 0 Å². The first-order valence-electron chi connectivity index (χ1n) is 4.95. The summed E-state index contributed by atoms with van der Waals surface area (Å²) < 4.78 is 10.9. The molecule has 1 heterocycles. The summed E-state index contributed by atoms with van der Waals surface area (Å²) in [5, 5.41) is 9.03. The van der Waals surface area contributed by atoms with Crippen LogP contribution in [0.1, 0.15) is 19.4 Å². The monoisotopic (exact) mass is 203 g/mol. The molecule has 0 saturated heterocycles. The van der Waals surface area contributed by atoms with Gasteiger partial charge in [-0.3, -0.25) is 0 Å². The van der Waals surface area contributed by atoms with Gasteiger partial charge in [0.1, 0.15) is 13.2 Å². The second kappa shape index (κ2) is 3.47. The minimum Gasteiger partial charge on any atom is -0.486 e. The quantitative estimate of drug-likeness (QED) is 0.703. The Morgan fingerprint density at radius 3 is 2.53 bits per heavy atom. The van der Waals surface area contributed by atoms with Gasteiger partial charge in [-0.1, -0.05) is 6.07 Å². The fourth-order valence-electron chi connectivity index (χ4n) is 1.50. The SMILES string of the molecule is CC(C)(C#N)c1ccc2c(c1)OCCO2. The number of rotatable bonds is 1. The molecule has 15 heavy (non-hydrogen) atoms. The molecular formula is C12H13NO2. The van der Waals surface area contributed by atoms with Crippen LogP contribution in [0.4, 0.5) is 0 Å². The smallest absolute Gasteiger partial charge is 0.161 e. The average molecular weight is 203 g/mol. The molecule has 0 bridgehead atoms. The maximum absolute atomic E-state index is 9.03. The van der Waals surface area contributed by atoms with Crippen molar-refractivity contribution in [1.29, 1.82) is 5.26 Å². The van der Waals surface area contributed by atoms with Gasteiger partial charge in [-0.25, -0.2) is 0 Å². The Kier molecular flexibility index (Phi) is 2.28. The van der Waals surface area contributed by atoms with Crippen molar-refractivity contribution in [1.82, 2.24) is 0 Å². The molecule has 0 radical (unpaired) electrons. The molecule has 2 rings (SSSR count). The van der Waals surface area contributed by atoms with Crippen molar-refractivity contribution in [2.24, 2.45) is 0 Å². The van der Waals surface area contributed by atoms with Crippen LogP contribution in [0.15, 0.2) is 18.2 Å². The van der Waals surface area contributed by atoms with Crippen LogP contribution < -0.4 is 9.47 Å². The Bertz CT molecular complexity index is 418. The lowest BCUT2D eigenvalue weighted by Crippen LogP contribution is -2.18. The van der Waals surface area contributed by atoms with E-state index in [-0.39, 0.29) is 0 Å². The van der Waals surface area contributed by atoms with Crippen LogP contribution in [0.2, 0.25) is 0 Å². The minimum absolute atomic E-state index is 0.490. The number of ether oxygens (including phenoxy) is 2. The zero-order valence-corrected chi connectivity index (χ0v) is 8.91. The molecule has 0 aliphatic carbocycles. The summed E-state index contributed by atoms with van der Waals surface area (Å²) in [7, 11) is 0. The van der Waals surface area contributed by atoms with E-state index in [4.69, 9.17) is 14.7 Å². The highest BCUT2D eigenvalue weighted by Gasteiger charge is 2.22. The lowest BCUT2D eigenvalue weighted by Gasteiger charge is -2.22. The Balaban J connectivity index is 2.41. The molecule has 0 amide bonds. The summed E-state index contributed by atoms with van der Waals surface area (Å²) >= 11 is 0. The maximum atomic E-state index is 9.03. The molecule has 78 valence electrons. The van der Waals surface area contributed by atoms with Gasteiger partial charge >= 0.3 is 0 Å². The Morgan fingerprint density at radius 1 is 1.20 bits per heavy atom. The molecule has 0 N–H and O–H groups in total. The lowest BCUT2D eigenvalue weighted by molar-refractivity contribution is 0.171. The van der Waals surface area contributed by atoms with Crippen LogP contribution >= 0.6 is 0 Å². The molecule has 1 aliphatic heterocycles. The molecule has 0 spiro atoms. The van der Waals surface area contributed by atoms with Crippen molar-refractivity contribution in [2.75, 3.05) is 13.2 Å². The van der Waals surface area contributed by atoms with Crippen molar-refractivity contribution >= 4 is 0 Å². The van der Waals surface area contributed by atoms with Crippen molar-refractivity contribution in [3.05, 3.63) is 23.8 Å². The molecule has 0 saturated carbocycles. The second-order valence-corrected chi connectivity index (χ2v) is 4.10. The Hall–Kier alpha value is -1.69. The lowest BCUT2D eigenvalue weighted by atomic mass is 9.86. The second-order valence-electron chi connectivity index (χ2n) is 4.10. The van der Waals surface area contributed by atoms with Crippen LogP contribution in [0, 0.1) is 11.3 Å². The van der Waals surface area contributed by atoms with Crippen LogP contribution in [-0.2, 0) is 5.41 Å². The number of benzene rings is 1. The van der Waals surface area contributed by atoms with Gasteiger partial charge in [0.05, 0.1) is 11.5 Å². The van der Waals surface area contributed by atoms with E-state index in [2.05, 4.69) is 6.07 Å². The average Bonchev–Trinajstić information content (AvgIpc) is 2.28. The summed E-state index contributed by atoms with van der Waals surface area (Å²) in [6.07, 6.45) is 0. The van der Waals surface area contributed by atoms with E-state index in [1.54, 1.807) is 0 Å². The molecule has 3 heteroatoms. The standard InChI is InChI=1S/C12H13NO2/c1-12(2,8-13)9-3-4-10-11(7-9)15-6-5-14-10/h3-4,7H,5-6H2,1-2H3. The summed E-state index contributed by atoms with van der Waals surface area (Å²) in [5.74, 6) is 1.50. The maximum Gasteiger partial charge on any atom is 0.161 e. The minimum atomic E-state index is -0.490. The van der Waals surface area contributed by atoms with E-state index in [9.17, 15) is 0 Å². The molecule has 0 fully saturated rings. The molecule has 1 aliphatic rings. The molecule has 0 atom stereocenters. The van der Waals surface area contributed by atoms with Crippen molar-refractivity contribution < 1.29 is 9.47 Å². The third-order valence-corrected chi connectivity index (χ3v) is 2.54. The fourth-order valence-corrected chi connectivity index (χ4v) is 1.50. The van der Waals surface area contributed by atoms with Gasteiger partial charge in [-0.15, -0.1) is 0 Å². The van der Waals surface area contributed by atoms with Crippen molar-refractivity contribution in [2.45, 2.75) is 19.3 Å². The molecule has 3 nitrogen and oxygen atoms in total. The van der Waals surface area contributed by atoms with Crippen LogP contribution in [0.25, 0.3) is 0 Å². The third kappa shape index (κ3) is 1.75. The molecule has 0 unspecified atom stereocenters. The van der Waals surface area contributed by atoms with Crippen LogP contribution in [0.5, 0.6) is 11.5 Å². The number of hydrogen-bond acceptors (Lipinski definition) is 3.